The van der Waals surface area contributed by atoms with Gasteiger partial charge in [-0.05, 0) is 37.5 Å². The van der Waals surface area contributed by atoms with Crippen molar-refractivity contribution in [1.29, 1.82) is 0 Å². The van der Waals surface area contributed by atoms with Crippen LogP contribution in [0, 0.1) is 0 Å². The quantitative estimate of drug-likeness (QED) is 0.922. The summed E-state index contributed by atoms with van der Waals surface area (Å²) < 4.78 is 16.5. The van der Waals surface area contributed by atoms with Gasteiger partial charge in [0.05, 0.1) is 20.0 Å². The number of ether oxygens (including phenoxy) is 3. The fourth-order valence-corrected chi connectivity index (χ4v) is 2.83. The van der Waals surface area contributed by atoms with E-state index in [1.165, 1.54) is 0 Å². The molecule has 0 aromatic heterocycles. The van der Waals surface area contributed by atoms with Gasteiger partial charge in [-0.2, -0.15) is 0 Å². The van der Waals surface area contributed by atoms with Crippen LogP contribution >= 0.6 is 0 Å². The summed E-state index contributed by atoms with van der Waals surface area (Å²) in [6, 6.07) is 3.87. The highest BCUT2D eigenvalue weighted by molar-refractivity contribution is 5.51. The van der Waals surface area contributed by atoms with Gasteiger partial charge in [-0.3, -0.25) is 0 Å². The van der Waals surface area contributed by atoms with Gasteiger partial charge in [0.1, 0.15) is 23.7 Å². The first kappa shape index (κ1) is 13.3. The van der Waals surface area contributed by atoms with Crippen molar-refractivity contribution in [3.8, 4) is 11.5 Å². The van der Waals surface area contributed by atoms with Crippen LogP contribution in [0.1, 0.15) is 37.0 Å². The minimum absolute atomic E-state index is 0.180. The number of fused-ring (bicyclic) bond motifs is 1. The molecule has 0 saturated carbocycles. The van der Waals surface area contributed by atoms with Crippen molar-refractivity contribution in [3.63, 3.8) is 0 Å². The summed E-state index contributed by atoms with van der Waals surface area (Å²) in [6.07, 6.45) is 3.81. The number of rotatable bonds is 3. The van der Waals surface area contributed by atoms with E-state index in [4.69, 9.17) is 14.2 Å². The molecule has 0 aliphatic carbocycles. The van der Waals surface area contributed by atoms with Crippen LogP contribution in [0.3, 0.4) is 0 Å². The Morgan fingerprint density at radius 1 is 1.40 bits per heavy atom. The van der Waals surface area contributed by atoms with Gasteiger partial charge < -0.3 is 19.3 Å². The molecule has 108 valence electrons. The largest absolute Gasteiger partial charge is 0.501 e. The predicted molar refractivity (Wildman–Crippen MR) is 75.0 cm³/mol. The van der Waals surface area contributed by atoms with E-state index in [-0.39, 0.29) is 6.10 Å². The summed E-state index contributed by atoms with van der Waals surface area (Å²) in [5.74, 6) is 1.56. The number of hydrogen-bond acceptors (Lipinski definition) is 4. The maximum Gasteiger partial charge on any atom is 0.125 e. The molecule has 1 aromatic carbocycles. The second-order valence-electron chi connectivity index (χ2n) is 5.40. The molecule has 0 bridgehead atoms. The molecular weight excluding hydrogens is 256 g/mol. The van der Waals surface area contributed by atoms with Crippen molar-refractivity contribution in [1.82, 2.24) is 0 Å². The second-order valence-corrected chi connectivity index (χ2v) is 5.40. The van der Waals surface area contributed by atoms with Gasteiger partial charge in [0.25, 0.3) is 0 Å². The zero-order chi connectivity index (χ0) is 14.1. The van der Waals surface area contributed by atoms with Gasteiger partial charge in [-0.15, -0.1) is 0 Å². The van der Waals surface area contributed by atoms with Gasteiger partial charge in [0, 0.05) is 17.5 Å². The molecule has 2 unspecified atom stereocenters. The van der Waals surface area contributed by atoms with E-state index in [1.807, 2.05) is 19.1 Å². The molecule has 0 amide bonds. The van der Waals surface area contributed by atoms with E-state index in [0.29, 0.717) is 5.75 Å². The summed E-state index contributed by atoms with van der Waals surface area (Å²) in [7, 11) is 1.63. The maximum atomic E-state index is 10.6. The summed E-state index contributed by atoms with van der Waals surface area (Å²) >= 11 is 0. The highest BCUT2D eigenvalue weighted by atomic mass is 16.5. The van der Waals surface area contributed by atoms with Crippen molar-refractivity contribution in [2.45, 2.75) is 38.4 Å². The predicted octanol–water partition coefficient (Wildman–Crippen LogP) is 2.75. The second kappa shape index (κ2) is 5.37. The van der Waals surface area contributed by atoms with E-state index >= 15 is 0 Å². The Balaban J connectivity index is 1.96. The molecule has 0 fully saturated rings. The molecule has 0 saturated heterocycles. The third-order valence-electron chi connectivity index (χ3n) is 3.86. The topological polar surface area (TPSA) is 47.9 Å². The number of aliphatic hydroxyl groups is 1. The Bertz CT molecular complexity index is 536. The molecule has 3 rings (SSSR count). The first-order valence-corrected chi connectivity index (χ1v) is 7.05. The van der Waals surface area contributed by atoms with Crippen LogP contribution in [0.5, 0.6) is 11.5 Å². The number of methoxy groups -OCH3 is 1. The third kappa shape index (κ3) is 2.36. The van der Waals surface area contributed by atoms with E-state index in [0.717, 1.165) is 48.3 Å². The molecule has 1 aromatic rings. The molecule has 1 N–H and O–H groups in total. The lowest BCUT2D eigenvalue weighted by Crippen LogP contribution is -2.09. The van der Waals surface area contributed by atoms with Crippen LogP contribution < -0.4 is 9.47 Å². The Labute approximate surface area is 119 Å². The number of benzene rings is 1. The van der Waals surface area contributed by atoms with Crippen molar-refractivity contribution in [2.75, 3.05) is 13.7 Å². The maximum absolute atomic E-state index is 10.6. The van der Waals surface area contributed by atoms with Gasteiger partial charge >= 0.3 is 0 Å². The summed E-state index contributed by atoms with van der Waals surface area (Å²) in [6.45, 7) is 2.76. The lowest BCUT2D eigenvalue weighted by atomic mass is 9.95. The van der Waals surface area contributed by atoms with Crippen LogP contribution in [0.2, 0.25) is 0 Å². The average molecular weight is 276 g/mol. The highest BCUT2D eigenvalue weighted by Crippen LogP contribution is 2.40. The summed E-state index contributed by atoms with van der Waals surface area (Å²) in [5.41, 5.74) is 2.77. The van der Waals surface area contributed by atoms with Crippen LogP contribution in [-0.4, -0.2) is 24.9 Å². The molecule has 2 aliphatic heterocycles. The Kier molecular flexibility index (Phi) is 3.57. The minimum Gasteiger partial charge on any atom is -0.501 e. The van der Waals surface area contributed by atoms with Crippen LogP contribution in [0.25, 0.3) is 0 Å². The Hall–Kier alpha value is -1.68. The third-order valence-corrected chi connectivity index (χ3v) is 3.86. The highest BCUT2D eigenvalue weighted by Gasteiger charge is 2.26. The first-order valence-electron chi connectivity index (χ1n) is 7.05. The molecule has 4 heteroatoms. The molecule has 0 spiro atoms. The molecule has 2 heterocycles. The molecule has 20 heavy (non-hydrogen) atoms. The van der Waals surface area contributed by atoms with Gasteiger partial charge in [-0.1, -0.05) is 0 Å². The van der Waals surface area contributed by atoms with E-state index in [1.54, 1.807) is 13.4 Å². The van der Waals surface area contributed by atoms with Crippen LogP contribution in [-0.2, 0) is 11.2 Å². The van der Waals surface area contributed by atoms with Gasteiger partial charge in [0.15, 0.2) is 0 Å². The van der Waals surface area contributed by atoms with Crippen LogP contribution in [0.4, 0.5) is 0 Å². The summed E-state index contributed by atoms with van der Waals surface area (Å²) in [5, 5.41) is 10.6. The lowest BCUT2D eigenvalue weighted by Gasteiger charge is -2.21. The monoisotopic (exact) mass is 276 g/mol. The minimum atomic E-state index is -0.699. The molecule has 4 nitrogen and oxygen atoms in total. The van der Waals surface area contributed by atoms with Crippen LogP contribution in [0.15, 0.2) is 24.0 Å². The fraction of sp³-hybridized carbons (Fsp3) is 0.500. The van der Waals surface area contributed by atoms with Crippen molar-refractivity contribution in [2.24, 2.45) is 0 Å². The van der Waals surface area contributed by atoms with Crippen molar-refractivity contribution in [3.05, 3.63) is 35.1 Å². The van der Waals surface area contributed by atoms with E-state index < -0.39 is 6.10 Å². The number of aliphatic hydroxyl groups excluding tert-OH is 1. The zero-order valence-electron chi connectivity index (χ0n) is 11.9. The summed E-state index contributed by atoms with van der Waals surface area (Å²) in [4.78, 5) is 0. The Morgan fingerprint density at radius 2 is 2.25 bits per heavy atom. The fourth-order valence-electron chi connectivity index (χ4n) is 2.83. The Morgan fingerprint density at radius 3 is 2.95 bits per heavy atom. The van der Waals surface area contributed by atoms with E-state index in [9.17, 15) is 5.11 Å². The smallest absolute Gasteiger partial charge is 0.125 e. The lowest BCUT2D eigenvalue weighted by molar-refractivity contribution is 0.167. The molecule has 2 aliphatic rings. The molecule has 0 radical (unpaired) electrons. The van der Waals surface area contributed by atoms with Crippen molar-refractivity contribution < 1.29 is 19.3 Å². The average Bonchev–Trinajstić information content (AvgIpc) is 2.85. The van der Waals surface area contributed by atoms with Gasteiger partial charge in [0.2, 0.25) is 0 Å². The van der Waals surface area contributed by atoms with Crippen molar-refractivity contribution >= 4 is 0 Å². The van der Waals surface area contributed by atoms with E-state index in [2.05, 4.69) is 0 Å². The normalized spacial score (nSPS) is 22.4. The first-order chi connectivity index (χ1) is 9.69. The standard InChI is InChI=1S/C16H20O4/c1-10-6-12-7-15(18-2)13(8-14(12)20-10)16(17)11-4-3-5-19-9-11/h7-10,16-17H,3-6H2,1-2H3. The SMILES string of the molecule is COc1cc2c(cc1C(O)C1=COCCC1)OC(C)C2. The molecule has 2 atom stereocenters. The van der Waals surface area contributed by atoms with Gasteiger partial charge in [-0.25, -0.2) is 0 Å². The number of hydrogen-bond donors (Lipinski definition) is 1. The molecular formula is C16H20O4. The zero-order valence-corrected chi connectivity index (χ0v) is 11.9.